The summed E-state index contributed by atoms with van der Waals surface area (Å²) in [6, 6.07) is 4.31. The zero-order valence-corrected chi connectivity index (χ0v) is 10.7. The highest BCUT2D eigenvalue weighted by Gasteiger charge is 2.08. The molecular formula is C13H21N3. The molecule has 0 bridgehead atoms. The summed E-state index contributed by atoms with van der Waals surface area (Å²) >= 11 is 0. The van der Waals surface area contributed by atoms with Gasteiger partial charge in [0.1, 0.15) is 0 Å². The van der Waals surface area contributed by atoms with Crippen molar-refractivity contribution in [1.29, 1.82) is 0 Å². The van der Waals surface area contributed by atoms with Gasteiger partial charge in [-0.05, 0) is 37.1 Å². The average Bonchev–Trinajstić information content (AvgIpc) is 2.35. The molecule has 0 spiro atoms. The quantitative estimate of drug-likeness (QED) is 0.727. The van der Waals surface area contributed by atoms with Gasteiger partial charge in [-0.25, -0.2) is 0 Å². The Bertz CT molecular complexity index is 369. The van der Waals surface area contributed by atoms with Crippen molar-refractivity contribution in [1.82, 2.24) is 0 Å². The number of allylic oxidation sites excluding steroid dienone is 2. The maximum Gasteiger partial charge on any atom is 0.0809 e. The van der Waals surface area contributed by atoms with E-state index in [1.165, 1.54) is 11.1 Å². The van der Waals surface area contributed by atoms with Crippen LogP contribution >= 0.6 is 0 Å². The maximum atomic E-state index is 3.21. The molecule has 0 fully saturated rings. The van der Waals surface area contributed by atoms with Crippen LogP contribution in [0, 0.1) is 0 Å². The summed E-state index contributed by atoms with van der Waals surface area (Å²) in [7, 11) is 5.80. The zero-order chi connectivity index (χ0) is 12.1. The first-order chi connectivity index (χ1) is 7.67. The van der Waals surface area contributed by atoms with Crippen LogP contribution in [-0.2, 0) is 0 Å². The van der Waals surface area contributed by atoms with E-state index in [4.69, 9.17) is 0 Å². The van der Waals surface area contributed by atoms with E-state index < -0.39 is 0 Å². The fourth-order valence-corrected chi connectivity index (χ4v) is 1.70. The Kier molecular flexibility index (Phi) is 4.23. The first kappa shape index (κ1) is 12.4. The highest BCUT2D eigenvalue weighted by molar-refractivity contribution is 5.86. The van der Waals surface area contributed by atoms with Crippen LogP contribution in [0.1, 0.15) is 19.4 Å². The molecule has 0 aliphatic rings. The van der Waals surface area contributed by atoms with Crippen molar-refractivity contribution in [3.63, 3.8) is 0 Å². The van der Waals surface area contributed by atoms with Crippen molar-refractivity contribution in [3.8, 4) is 0 Å². The molecule has 0 heterocycles. The van der Waals surface area contributed by atoms with Crippen LogP contribution in [0.4, 0.5) is 17.1 Å². The molecule has 0 saturated carbocycles. The summed E-state index contributed by atoms with van der Waals surface area (Å²) < 4.78 is 0. The van der Waals surface area contributed by atoms with Gasteiger partial charge in [-0.2, -0.15) is 0 Å². The Morgan fingerprint density at radius 3 is 1.81 bits per heavy atom. The number of rotatable bonds is 4. The van der Waals surface area contributed by atoms with Crippen LogP contribution in [0.5, 0.6) is 0 Å². The molecule has 1 rings (SSSR count). The van der Waals surface area contributed by atoms with Gasteiger partial charge < -0.3 is 16.0 Å². The summed E-state index contributed by atoms with van der Waals surface area (Å²) in [5, 5.41) is 9.63. The lowest BCUT2D eigenvalue weighted by Gasteiger charge is -2.16. The molecule has 0 radical (unpaired) electrons. The third-order valence-corrected chi connectivity index (χ3v) is 2.82. The third-order valence-electron chi connectivity index (χ3n) is 2.82. The van der Waals surface area contributed by atoms with E-state index in [1.807, 2.05) is 21.1 Å². The molecule has 88 valence electrons. The van der Waals surface area contributed by atoms with Crippen LogP contribution in [-0.4, -0.2) is 21.1 Å². The van der Waals surface area contributed by atoms with Gasteiger partial charge in [0.05, 0.1) is 17.1 Å². The standard InChI is InChI=1S/C13H21N3/c1-6-9(2)10-7-11(14-3)13(16-5)12(8-10)15-4/h6-8,14-16H,1-5H3/b9-6-. The van der Waals surface area contributed by atoms with Crippen LogP contribution in [0.2, 0.25) is 0 Å². The second-order valence-corrected chi connectivity index (χ2v) is 3.67. The van der Waals surface area contributed by atoms with Crippen molar-refractivity contribution in [2.24, 2.45) is 0 Å². The number of hydrogen-bond donors (Lipinski definition) is 3. The largest absolute Gasteiger partial charge is 0.386 e. The normalized spacial score (nSPS) is 11.2. The SMILES string of the molecule is C/C=C(/C)c1cc(NC)c(NC)c(NC)c1. The maximum absolute atomic E-state index is 3.21. The lowest BCUT2D eigenvalue weighted by atomic mass is 10.0. The van der Waals surface area contributed by atoms with E-state index in [0.29, 0.717) is 0 Å². The molecule has 1 aromatic carbocycles. The molecule has 3 N–H and O–H groups in total. The predicted molar refractivity (Wildman–Crippen MR) is 74.4 cm³/mol. The lowest BCUT2D eigenvalue weighted by molar-refractivity contribution is 1.40. The van der Waals surface area contributed by atoms with Crippen molar-refractivity contribution < 1.29 is 0 Å². The fraction of sp³-hybridized carbons (Fsp3) is 0.385. The van der Waals surface area contributed by atoms with Gasteiger partial charge in [-0.1, -0.05) is 6.08 Å². The van der Waals surface area contributed by atoms with Crippen LogP contribution < -0.4 is 16.0 Å². The summed E-state index contributed by atoms with van der Waals surface area (Å²) in [5.74, 6) is 0. The highest BCUT2D eigenvalue weighted by atomic mass is 15.0. The van der Waals surface area contributed by atoms with E-state index in [9.17, 15) is 0 Å². The second kappa shape index (κ2) is 5.45. The van der Waals surface area contributed by atoms with Gasteiger partial charge in [0, 0.05) is 21.1 Å². The Balaban J connectivity index is 3.37. The molecule has 0 aromatic heterocycles. The fourth-order valence-electron chi connectivity index (χ4n) is 1.70. The van der Waals surface area contributed by atoms with Gasteiger partial charge in [-0.15, -0.1) is 0 Å². The van der Waals surface area contributed by atoms with E-state index >= 15 is 0 Å². The smallest absolute Gasteiger partial charge is 0.0809 e. The van der Waals surface area contributed by atoms with Crippen molar-refractivity contribution in [2.75, 3.05) is 37.1 Å². The van der Waals surface area contributed by atoms with Crippen molar-refractivity contribution >= 4 is 22.6 Å². The molecule has 0 atom stereocenters. The second-order valence-electron chi connectivity index (χ2n) is 3.67. The molecule has 0 amide bonds. The van der Waals surface area contributed by atoms with Gasteiger partial charge in [-0.3, -0.25) is 0 Å². The lowest BCUT2D eigenvalue weighted by Crippen LogP contribution is -2.02. The zero-order valence-electron chi connectivity index (χ0n) is 10.7. The van der Waals surface area contributed by atoms with Crippen LogP contribution in [0.25, 0.3) is 5.57 Å². The average molecular weight is 219 g/mol. The molecule has 16 heavy (non-hydrogen) atoms. The van der Waals surface area contributed by atoms with Crippen LogP contribution in [0.15, 0.2) is 18.2 Å². The Morgan fingerprint density at radius 1 is 1.00 bits per heavy atom. The van der Waals surface area contributed by atoms with E-state index in [-0.39, 0.29) is 0 Å². The topological polar surface area (TPSA) is 36.1 Å². The van der Waals surface area contributed by atoms with E-state index in [2.05, 4.69) is 48.0 Å². The Morgan fingerprint density at radius 2 is 1.50 bits per heavy atom. The molecule has 3 nitrogen and oxygen atoms in total. The molecule has 0 saturated heterocycles. The number of hydrogen-bond acceptors (Lipinski definition) is 3. The van der Waals surface area contributed by atoms with E-state index in [1.54, 1.807) is 0 Å². The van der Waals surface area contributed by atoms with Gasteiger partial charge in [0.15, 0.2) is 0 Å². The minimum atomic E-state index is 1.10. The molecule has 0 aliphatic carbocycles. The molecular weight excluding hydrogens is 198 g/mol. The number of anilines is 3. The molecule has 0 unspecified atom stereocenters. The van der Waals surface area contributed by atoms with Crippen molar-refractivity contribution in [2.45, 2.75) is 13.8 Å². The molecule has 1 aromatic rings. The summed E-state index contributed by atoms with van der Waals surface area (Å²) in [6.45, 7) is 4.17. The highest BCUT2D eigenvalue weighted by Crippen LogP contribution is 2.33. The predicted octanol–water partition coefficient (Wildman–Crippen LogP) is 3.23. The summed E-state index contributed by atoms with van der Waals surface area (Å²) in [6.07, 6.45) is 2.12. The first-order valence-electron chi connectivity index (χ1n) is 5.52. The van der Waals surface area contributed by atoms with Gasteiger partial charge in [0.2, 0.25) is 0 Å². The Hall–Kier alpha value is -1.64. The van der Waals surface area contributed by atoms with Crippen LogP contribution in [0.3, 0.4) is 0 Å². The molecule has 3 heteroatoms. The minimum absolute atomic E-state index is 1.10. The number of benzene rings is 1. The van der Waals surface area contributed by atoms with Gasteiger partial charge >= 0.3 is 0 Å². The van der Waals surface area contributed by atoms with E-state index in [0.717, 1.165) is 17.1 Å². The van der Waals surface area contributed by atoms with Crippen molar-refractivity contribution in [3.05, 3.63) is 23.8 Å². The summed E-state index contributed by atoms with van der Waals surface area (Å²) in [5.41, 5.74) is 5.81. The summed E-state index contributed by atoms with van der Waals surface area (Å²) in [4.78, 5) is 0. The number of nitrogens with one attached hydrogen (secondary N) is 3. The third kappa shape index (κ3) is 2.30. The first-order valence-corrected chi connectivity index (χ1v) is 5.52. The monoisotopic (exact) mass is 219 g/mol. The Labute approximate surface area is 97.9 Å². The minimum Gasteiger partial charge on any atom is -0.386 e. The molecule has 0 aliphatic heterocycles. The van der Waals surface area contributed by atoms with Gasteiger partial charge in [0.25, 0.3) is 0 Å².